The smallest absolute Gasteiger partial charge is 0.0625 e. The van der Waals surface area contributed by atoms with E-state index in [-0.39, 0.29) is 12.6 Å². The molecule has 3 nitrogen and oxygen atoms in total. The van der Waals surface area contributed by atoms with Crippen LogP contribution < -0.4 is 5.73 Å². The Bertz CT molecular complexity index is 237. The Morgan fingerprint density at radius 3 is 3.00 bits per heavy atom. The zero-order valence-corrected chi connectivity index (χ0v) is 6.49. The maximum atomic E-state index is 8.76. The van der Waals surface area contributed by atoms with Crippen LogP contribution in [0.15, 0.2) is 18.5 Å². The predicted octanol–water partition coefficient (Wildman–Crippen LogP) is 0.382. The lowest BCUT2D eigenvalue weighted by atomic mass is 10.1. The summed E-state index contributed by atoms with van der Waals surface area (Å²) < 4.78 is 0. The van der Waals surface area contributed by atoms with Crippen LogP contribution in [-0.4, -0.2) is 16.7 Å². The van der Waals surface area contributed by atoms with Crippen LogP contribution in [-0.2, 0) is 0 Å². The number of nitrogens with two attached hydrogens (primary N) is 1. The van der Waals surface area contributed by atoms with E-state index in [1.54, 1.807) is 12.4 Å². The molecule has 0 aliphatic heterocycles. The van der Waals surface area contributed by atoms with Crippen LogP contribution in [0.4, 0.5) is 0 Å². The van der Waals surface area contributed by atoms with Crippen LogP contribution in [0, 0.1) is 6.92 Å². The zero-order chi connectivity index (χ0) is 8.27. The molecule has 3 N–H and O–H groups in total. The van der Waals surface area contributed by atoms with Gasteiger partial charge in [0.05, 0.1) is 12.6 Å². The molecule has 1 rings (SSSR count). The molecule has 0 radical (unpaired) electrons. The fourth-order valence-electron chi connectivity index (χ4n) is 0.963. The molecule has 0 saturated carbocycles. The van der Waals surface area contributed by atoms with Crippen LogP contribution in [0.5, 0.6) is 0 Å². The van der Waals surface area contributed by atoms with Crippen molar-refractivity contribution in [3.63, 3.8) is 0 Å². The van der Waals surface area contributed by atoms with E-state index in [0.29, 0.717) is 0 Å². The van der Waals surface area contributed by atoms with Crippen LogP contribution in [0.1, 0.15) is 17.2 Å². The van der Waals surface area contributed by atoms with Gasteiger partial charge in [0.25, 0.3) is 0 Å². The van der Waals surface area contributed by atoms with Crippen LogP contribution in [0.25, 0.3) is 0 Å². The monoisotopic (exact) mass is 152 g/mol. The normalized spacial score (nSPS) is 13.0. The summed E-state index contributed by atoms with van der Waals surface area (Å²) in [6.45, 7) is 1.92. The molecule has 0 amide bonds. The summed E-state index contributed by atoms with van der Waals surface area (Å²) in [5.41, 5.74) is 7.59. The Balaban J connectivity index is 2.93. The quantitative estimate of drug-likeness (QED) is 0.644. The van der Waals surface area contributed by atoms with Gasteiger partial charge in [-0.25, -0.2) is 0 Å². The fraction of sp³-hybridized carbons (Fsp3) is 0.375. The highest BCUT2D eigenvalue weighted by Crippen LogP contribution is 2.12. The van der Waals surface area contributed by atoms with Gasteiger partial charge in [0.2, 0.25) is 0 Å². The lowest BCUT2D eigenvalue weighted by molar-refractivity contribution is 0.267. The molecular weight excluding hydrogens is 140 g/mol. The van der Waals surface area contributed by atoms with Crippen molar-refractivity contribution in [2.24, 2.45) is 5.73 Å². The van der Waals surface area contributed by atoms with Crippen molar-refractivity contribution in [2.45, 2.75) is 13.0 Å². The molecule has 1 aromatic heterocycles. The van der Waals surface area contributed by atoms with E-state index in [9.17, 15) is 0 Å². The van der Waals surface area contributed by atoms with Gasteiger partial charge in [-0.3, -0.25) is 4.98 Å². The zero-order valence-electron chi connectivity index (χ0n) is 6.49. The molecule has 0 aromatic carbocycles. The predicted molar refractivity (Wildman–Crippen MR) is 43.0 cm³/mol. The Hall–Kier alpha value is -0.930. The SMILES string of the molecule is Cc1ccncc1[C@H](N)CO. The highest BCUT2D eigenvalue weighted by Gasteiger charge is 2.05. The Labute approximate surface area is 65.9 Å². The summed E-state index contributed by atoms with van der Waals surface area (Å²) >= 11 is 0. The maximum absolute atomic E-state index is 8.76. The number of nitrogens with zero attached hydrogens (tertiary/aromatic N) is 1. The van der Waals surface area contributed by atoms with E-state index in [4.69, 9.17) is 10.8 Å². The van der Waals surface area contributed by atoms with Crippen molar-refractivity contribution in [3.8, 4) is 0 Å². The molecule has 1 atom stereocenters. The van der Waals surface area contributed by atoms with Gasteiger partial charge in [0.15, 0.2) is 0 Å². The number of aliphatic hydroxyl groups excluding tert-OH is 1. The molecule has 0 aliphatic carbocycles. The first-order valence-corrected chi connectivity index (χ1v) is 3.52. The van der Waals surface area contributed by atoms with Crippen molar-refractivity contribution in [2.75, 3.05) is 6.61 Å². The Kier molecular flexibility index (Phi) is 2.57. The number of aromatic nitrogens is 1. The summed E-state index contributed by atoms with van der Waals surface area (Å²) in [4.78, 5) is 3.92. The third-order valence-corrected chi connectivity index (χ3v) is 1.68. The summed E-state index contributed by atoms with van der Waals surface area (Å²) in [5.74, 6) is 0. The summed E-state index contributed by atoms with van der Waals surface area (Å²) in [5, 5.41) is 8.76. The second-order valence-electron chi connectivity index (χ2n) is 2.52. The Morgan fingerprint density at radius 2 is 2.45 bits per heavy atom. The maximum Gasteiger partial charge on any atom is 0.0625 e. The van der Waals surface area contributed by atoms with Gasteiger partial charge in [-0.15, -0.1) is 0 Å². The molecular formula is C8H12N2O. The van der Waals surface area contributed by atoms with Gasteiger partial charge in [-0.1, -0.05) is 0 Å². The highest BCUT2D eigenvalue weighted by molar-refractivity contribution is 5.24. The summed E-state index contributed by atoms with van der Waals surface area (Å²) in [6, 6.07) is 1.58. The van der Waals surface area contributed by atoms with E-state index < -0.39 is 0 Å². The van der Waals surface area contributed by atoms with Gasteiger partial charge in [0, 0.05) is 12.4 Å². The molecule has 1 heterocycles. The number of aliphatic hydroxyl groups is 1. The van der Waals surface area contributed by atoms with E-state index in [1.807, 2.05) is 13.0 Å². The molecule has 0 aliphatic rings. The number of pyridine rings is 1. The van der Waals surface area contributed by atoms with E-state index >= 15 is 0 Å². The van der Waals surface area contributed by atoms with Crippen molar-refractivity contribution >= 4 is 0 Å². The number of aryl methyl sites for hydroxylation is 1. The van der Waals surface area contributed by atoms with Gasteiger partial charge in [-0.2, -0.15) is 0 Å². The number of rotatable bonds is 2. The average molecular weight is 152 g/mol. The van der Waals surface area contributed by atoms with Crippen molar-refractivity contribution < 1.29 is 5.11 Å². The number of hydrogen-bond acceptors (Lipinski definition) is 3. The highest BCUT2D eigenvalue weighted by atomic mass is 16.3. The molecule has 0 spiro atoms. The minimum atomic E-state index is -0.302. The summed E-state index contributed by atoms with van der Waals surface area (Å²) in [6.07, 6.45) is 3.40. The van der Waals surface area contributed by atoms with Crippen LogP contribution in [0.3, 0.4) is 0 Å². The van der Waals surface area contributed by atoms with Crippen LogP contribution >= 0.6 is 0 Å². The molecule has 0 saturated heterocycles. The second-order valence-corrected chi connectivity index (χ2v) is 2.52. The van der Waals surface area contributed by atoms with Crippen molar-refractivity contribution in [3.05, 3.63) is 29.6 Å². The minimum absolute atomic E-state index is 0.0352. The van der Waals surface area contributed by atoms with Crippen molar-refractivity contribution in [1.29, 1.82) is 0 Å². The topological polar surface area (TPSA) is 59.1 Å². The fourth-order valence-corrected chi connectivity index (χ4v) is 0.963. The first kappa shape index (κ1) is 8.17. The van der Waals surface area contributed by atoms with Crippen LogP contribution in [0.2, 0.25) is 0 Å². The second kappa shape index (κ2) is 3.46. The molecule has 0 fully saturated rings. The van der Waals surface area contributed by atoms with E-state index in [2.05, 4.69) is 4.98 Å². The van der Waals surface area contributed by atoms with Gasteiger partial charge in [-0.05, 0) is 24.1 Å². The first-order valence-electron chi connectivity index (χ1n) is 3.52. The molecule has 60 valence electrons. The van der Waals surface area contributed by atoms with Gasteiger partial charge in [0.1, 0.15) is 0 Å². The third-order valence-electron chi connectivity index (χ3n) is 1.68. The Morgan fingerprint density at radius 1 is 1.73 bits per heavy atom. The van der Waals surface area contributed by atoms with Crippen molar-refractivity contribution in [1.82, 2.24) is 4.98 Å². The molecule has 0 unspecified atom stereocenters. The standard InChI is InChI=1S/C8H12N2O/c1-6-2-3-10-4-7(6)8(9)5-11/h2-4,8,11H,5,9H2,1H3/t8-/m1/s1. The lowest BCUT2D eigenvalue weighted by Crippen LogP contribution is -2.15. The average Bonchev–Trinajstić information content (AvgIpc) is 2.04. The summed E-state index contributed by atoms with van der Waals surface area (Å²) in [7, 11) is 0. The lowest BCUT2D eigenvalue weighted by Gasteiger charge is -2.09. The number of hydrogen-bond donors (Lipinski definition) is 2. The van der Waals surface area contributed by atoms with Gasteiger partial charge >= 0.3 is 0 Å². The first-order chi connectivity index (χ1) is 5.25. The molecule has 11 heavy (non-hydrogen) atoms. The third kappa shape index (κ3) is 1.76. The largest absolute Gasteiger partial charge is 0.394 e. The van der Waals surface area contributed by atoms with Gasteiger partial charge < -0.3 is 10.8 Å². The minimum Gasteiger partial charge on any atom is -0.394 e. The van der Waals surface area contributed by atoms with E-state index in [0.717, 1.165) is 11.1 Å². The molecule has 1 aromatic rings. The van der Waals surface area contributed by atoms with E-state index in [1.165, 1.54) is 0 Å². The molecule has 0 bridgehead atoms. The molecule has 3 heteroatoms.